The maximum Gasteiger partial charge on any atom is 0.416 e. The van der Waals surface area contributed by atoms with Crippen molar-refractivity contribution in [1.82, 2.24) is 4.98 Å². The predicted molar refractivity (Wildman–Crippen MR) is 68.3 cm³/mol. The van der Waals surface area contributed by atoms with E-state index < -0.39 is 11.7 Å². The molecule has 0 aliphatic rings. The van der Waals surface area contributed by atoms with Crippen LogP contribution in [0, 0.1) is 0 Å². The molecule has 0 fully saturated rings. The first-order valence-electron chi connectivity index (χ1n) is 6.07. The van der Waals surface area contributed by atoms with Crippen LogP contribution in [0.5, 0.6) is 0 Å². The van der Waals surface area contributed by atoms with E-state index in [4.69, 9.17) is 0 Å². The van der Waals surface area contributed by atoms with E-state index >= 15 is 0 Å². The van der Waals surface area contributed by atoms with Crippen LogP contribution in [-0.2, 0) is 6.18 Å². The van der Waals surface area contributed by atoms with Crippen molar-refractivity contribution in [2.75, 3.05) is 0 Å². The molecule has 0 radical (unpaired) electrons. The molecule has 0 bridgehead atoms. The molecule has 0 amide bonds. The fourth-order valence-corrected chi connectivity index (χ4v) is 2.00. The zero-order valence-electron chi connectivity index (χ0n) is 10.6. The Labute approximate surface area is 108 Å². The number of benzene rings is 1. The van der Waals surface area contributed by atoms with Gasteiger partial charge in [-0.25, -0.2) is 0 Å². The summed E-state index contributed by atoms with van der Waals surface area (Å²) in [6, 6.07) is 3.15. The Morgan fingerprint density at radius 3 is 2.58 bits per heavy atom. The molecule has 0 saturated heterocycles. The largest absolute Gasteiger partial charge is 0.416 e. The summed E-state index contributed by atoms with van der Waals surface area (Å²) in [6.45, 7) is 3.88. The Bertz CT molecular complexity index is 658. The monoisotopic (exact) mass is 269 g/mol. The topological polar surface area (TPSA) is 32.9 Å². The summed E-state index contributed by atoms with van der Waals surface area (Å²) in [7, 11) is 0. The smallest absolute Gasteiger partial charge is 0.361 e. The maximum absolute atomic E-state index is 12.6. The minimum atomic E-state index is -4.40. The zero-order valence-corrected chi connectivity index (χ0v) is 10.6. The summed E-state index contributed by atoms with van der Waals surface area (Å²) in [6.07, 6.45) is -2.09. The lowest BCUT2D eigenvalue weighted by molar-refractivity contribution is -0.137. The van der Waals surface area contributed by atoms with E-state index in [2.05, 4.69) is 4.98 Å². The fraction of sp³-hybridized carbons (Fsp3) is 0.357. The molecule has 1 N–H and O–H groups in total. The molecule has 0 saturated carbocycles. The lowest BCUT2D eigenvalue weighted by Crippen LogP contribution is -2.13. The molecule has 0 aliphatic carbocycles. The Kier molecular flexibility index (Phi) is 3.39. The van der Waals surface area contributed by atoms with E-state index in [0.29, 0.717) is 10.9 Å². The van der Waals surface area contributed by atoms with Crippen molar-refractivity contribution < 1.29 is 13.2 Å². The van der Waals surface area contributed by atoms with Crippen molar-refractivity contribution in [2.24, 2.45) is 0 Å². The summed E-state index contributed by atoms with van der Waals surface area (Å²) >= 11 is 0. The molecule has 0 aliphatic heterocycles. The molecule has 0 spiro atoms. The Hall–Kier alpha value is -1.78. The van der Waals surface area contributed by atoms with Crippen LogP contribution in [0.15, 0.2) is 29.2 Å². The van der Waals surface area contributed by atoms with Gasteiger partial charge in [0.25, 0.3) is 0 Å². The molecule has 5 heteroatoms. The summed E-state index contributed by atoms with van der Waals surface area (Å²) in [5.41, 5.74) is -0.134. The van der Waals surface area contributed by atoms with E-state index in [0.717, 1.165) is 18.6 Å². The molecule has 1 aromatic carbocycles. The van der Waals surface area contributed by atoms with Crippen molar-refractivity contribution in [3.8, 4) is 0 Å². The quantitative estimate of drug-likeness (QED) is 0.876. The first-order chi connectivity index (χ1) is 8.84. The SMILES string of the molecule is CCC(C)c1c[nH]c2cc(C(F)(F)F)ccc2c1=O. The number of rotatable bonds is 2. The van der Waals surface area contributed by atoms with E-state index in [1.807, 2.05) is 13.8 Å². The van der Waals surface area contributed by atoms with Gasteiger partial charge in [0.15, 0.2) is 5.43 Å². The molecule has 1 atom stereocenters. The van der Waals surface area contributed by atoms with Crippen molar-refractivity contribution in [1.29, 1.82) is 0 Å². The third-order valence-electron chi connectivity index (χ3n) is 3.38. The van der Waals surface area contributed by atoms with Gasteiger partial charge >= 0.3 is 6.18 Å². The Morgan fingerprint density at radius 1 is 1.32 bits per heavy atom. The predicted octanol–water partition coefficient (Wildman–Crippen LogP) is 4.06. The molecule has 2 aromatic rings. The van der Waals surface area contributed by atoms with Crippen LogP contribution in [0.1, 0.15) is 37.3 Å². The van der Waals surface area contributed by atoms with Crippen LogP contribution in [0.2, 0.25) is 0 Å². The van der Waals surface area contributed by atoms with Crippen LogP contribution < -0.4 is 5.43 Å². The van der Waals surface area contributed by atoms with Crippen molar-refractivity contribution in [2.45, 2.75) is 32.4 Å². The number of fused-ring (bicyclic) bond motifs is 1. The summed E-state index contributed by atoms with van der Waals surface area (Å²) in [5, 5.41) is 0.297. The van der Waals surface area contributed by atoms with Gasteiger partial charge < -0.3 is 4.98 Å². The highest BCUT2D eigenvalue weighted by molar-refractivity contribution is 5.79. The van der Waals surface area contributed by atoms with Crippen molar-refractivity contribution in [3.05, 3.63) is 45.7 Å². The van der Waals surface area contributed by atoms with Crippen molar-refractivity contribution in [3.63, 3.8) is 0 Å². The second kappa shape index (κ2) is 4.72. The lowest BCUT2D eigenvalue weighted by Gasteiger charge is -2.11. The lowest BCUT2D eigenvalue weighted by atomic mass is 9.98. The van der Waals surface area contributed by atoms with Gasteiger partial charge in [-0.15, -0.1) is 0 Å². The van der Waals surface area contributed by atoms with Gasteiger partial charge in [-0.1, -0.05) is 13.8 Å². The summed E-state index contributed by atoms with van der Waals surface area (Å²) in [4.78, 5) is 15.0. The van der Waals surface area contributed by atoms with Crippen LogP contribution in [0.25, 0.3) is 10.9 Å². The highest BCUT2D eigenvalue weighted by atomic mass is 19.4. The number of pyridine rings is 1. The van der Waals surface area contributed by atoms with E-state index in [1.165, 1.54) is 12.3 Å². The third kappa shape index (κ3) is 2.50. The molecule has 19 heavy (non-hydrogen) atoms. The maximum atomic E-state index is 12.6. The number of nitrogens with one attached hydrogen (secondary N) is 1. The molecular weight excluding hydrogens is 255 g/mol. The van der Waals surface area contributed by atoms with E-state index in [9.17, 15) is 18.0 Å². The second-order valence-corrected chi connectivity index (χ2v) is 4.64. The minimum Gasteiger partial charge on any atom is -0.361 e. The van der Waals surface area contributed by atoms with Gasteiger partial charge in [-0.05, 0) is 30.5 Å². The van der Waals surface area contributed by atoms with Crippen LogP contribution in [0.3, 0.4) is 0 Å². The van der Waals surface area contributed by atoms with Gasteiger partial charge in [-0.3, -0.25) is 4.79 Å². The van der Waals surface area contributed by atoms with Crippen LogP contribution in [-0.4, -0.2) is 4.98 Å². The molecule has 2 rings (SSSR count). The molecule has 2 nitrogen and oxygen atoms in total. The fourth-order valence-electron chi connectivity index (χ4n) is 2.00. The average Bonchev–Trinajstić information content (AvgIpc) is 2.37. The number of aromatic nitrogens is 1. The number of hydrogen-bond acceptors (Lipinski definition) is 1. The first-order valence-corrected chi connectivity index (χ1v) is 6.07. The number of hydrogen-bond donors (Lipinski definition) is 1. The number of halogens is 3. The third-order valence-corrected chi connectivity index (χ3v) is 3.38. The number of alkyl halides is 3. The highest BCUT2D eigenvalue weighted by Crippen LogP contribution is 2.30. The average molecular weight is 269 g/mol. The Balaban J connectivity index is 2.64. The molecule has 1 heterocycles. The molecule has 1 aromatic heterocycles. The summed E-state index contributed by atoms with van der Waals surface area (Å²) < 4.78 is 37.8. The highest BCUT2D eigenvalue weighted by Gasteiger charge is 2.30. The summed E-state index contributed by atoms with van der Waals surface area (Å²) in [5.74, 6) is 0.0791. The van der Waals surface area contributed by atoms with Crippen molar-refractivity contribution >= 4 is 10.9 Å². The van der Waals surface area contributed by atoms with Crippen LogP contribution in [0.4, 0.5) is 13.2 Å². The van der Waals surface area contributed by atoms with E-state index in [-0.39, 0.29) is 16.9 Å². The van der Waals surface area contributed by atoms with Gasteiger partial charge in [0.05, 0.1) is 5.56 Å². The first kappa shape index (κ1) is 13.6. The molecular formula is C14H14F3NO. The Morgan fingerprint density at radius 2 is 2.00 bits per heavy atom. The minimum absolute atomic E-state index is 0.0791. The van der Waals surface area contributed by atoms with Crippen LogP contribution >= 0.6 is 0 Å². The van der Waals surface area contributed by atoms with Gasteiger partial charge in [0.1, 0.15) is 0 Å². The zero-order chi connectivity index (χ0) is 14.2. The number of H-pyrrole nitrogens is 1. The second-order valence-electron chi connectivity index (χ2n) is 4.64. The molecule has 1 unspecified atom stereocenters. The number of aromatic amines is 1. The van der Waals surface area contributed by atoms with Gasteiger partial charge in [-0.2, -0.15) is 13.2 Å². The van der Waals surface area contributed by atoms with Gasteiger partial charge in [0.2, 0.25) is 0 Å². The van der Waals surface area contributed by atoms with E-state index in [1.54, 1.807) is 0 Å². The standard InChI is InChI=1S/C14H14F3NO/c1-3-8(2)11-7-18-12-6-9(14(15,16)17)4-5-10(12)13(11)19/h4-8H,3H2,1-2H3,(H,18,19). The molecule has 102 valence electrons. The van der Waals surface area contributed by atoms with Gasteiger partial charge in [0, 0.05) is 22.7 Å². The normalized spacial score (nSPS) is 13.7.